The topological polar surface area (TPSA) is 66.4 Å². The van der Waals surface area contributed by atoms with Crippen LogP contribution in [0, 0.1) is 11.8 Å². The van der Waals surface area contributed by atoms with Gasteiger partial charge in [0.1, 0.15) is 0 Å². The van der Waals surface area contributed by atoms with Crippen molar-refractivity contribution in [1.29, 1.82) is 0 Å². The summed E-state index contributed by atoms with van der Waals surface area (Å²) in [5.41, 5.74) is 0. The quantitative estimate of drug-likeness (QED) is 0.791. The van der Waals surface area contributed by atoms with Crippen molar-refractivity contribution in [1.82, 2.24) is 5.32 Å². The van der Waals surface area contributed by atoms with E-state index in [1.54, 1.807) is 0 Å². The molecule has 17 heavy (non-hydrogen) atoms. The van der Waals surface area contributed by atoms with Crippen molar-refractivity contribution in [3.63, 3.8) is 0 Å². The van der Waals surface area contributed by atoms with E-state index >= 15 is 0 Å². The first kappa shape index (κ1) is 12.4. The molecule has 0 radical (unpaired) electrons. The number of nitrogens with one attached hydrogen (secondary N) is 1. The summed E-state index contributed by atoms with van der Waals surface area (Å²) in [5, 5.41) is 11.8. The van der Waals surface area contributed by atoms with Crippen molar-refractivity contribution in [2.75, 3.05) is 0 Å². The molecule has 2 saturated carbocycles. The van der Waals surface area contributed by atoms with Crippen molar-refractivity contribution < 1.29 is 14.7 Å². The Balaban J connectivity index is 1.75. The second-order valence-corrected chi connectivity index (χ2v) is 5.34. The molecule has 0 heterocycles. The molecule has 0 saturated heterocycles. The zero-order chi connectivity index (χ0) is 12.3. The zero-order valence-corrected chi connectivity index (χ0v) is 10.2. The Kier molecular flexibility index (Phi) is 4.02. The van der Waals surface area contributed by atoms with Crippen LogP contribution in [-0.4, -0.2) is 23.0 Å². The summed E-state index contributed by atoms with van der Waals surface area (Å²) in [7, 11) is 0. The lowest BCUT2D eigenvalue weighted by molar-refractivity contribution is -0.140. The minimum Gasteiger partial charge on any atom is -0.481 e. The number of hydrogen-bond acceptors (Lipinski definition) is 2. The number of carbonyl (C=O) groups excluding carboxylic acids is 1. The number of aliphatic carboxylic acids is 1. The smallest absolute Gasteiger partial charge is 0.307 e. The minimum atomic E-state index is -0.831. The highest BCUT2D eigenvalue weighted by molar-refractivity contribution is 5.89. The van der Waals surface area contributed by atoms with Crippen molar-refractivity contribution in [3.05, 3.63) is 0 Å². The summed E-state index contributed by atoms with van der Waals surface area (Å²) < 4.78 is 0. The van der Waals surface area contributed by atoms with Gasteiger partial charge in [0.25, 0.3) is 0 Å². The Morgan fingerprint density at radius 1 is 0.941 bits per heavy atom. The molecule has 2 aliphatic rings. The molecule has 2 N–H and O–H groups in total. The Morgan fingerprint density at radius 2 is 1.53 bits per heavy atom. The number of carboxylic acids is 1. The first-order chi connectivity index (χ1) is 8.18. The van der Waals surface area contributed by atoms with Crippen molar-refractivity contribution in [2.45, 2.75) is 57.4 Å². The lowest BCUT2D eigenvalue weighted by Gasteiger charge is -2.21. The van der Waals surface area contributed by atoms with Gasteiger partial charge in [0.05, 0.1) is 11.8 Å². The van der Waals surface area contributed by atoms with Crippen molar-refractivity contribution in [3.8, 4) is 0 Å². The van der Waals surface area contributed by atoms with Gasteiger partial charge in [-0.05, 0) is 19.3 Å². The van der Waals surface area contributed by atoms with Crippen molar-refractivity contribution in [2.24, 2.45) is 11.8 Å². The first-order valence-electron chi connectivity index (χ1n) is 6.71. The maximum absolute atomic E-state index is 11.8. The minimum absolute atomic E-state index is 0.0389. The molecule has 0 aliphatic heterocycles. The van der Waals surface area contributed by atoms with Crippen LogP contribution in [0.4, 0.5) is 0 Å². The third-order valence-electron chi connectivity index (χ3n) is 3.90. The van der Waals surface area contributed by atoms with Crippen LogP contribution in [0.1, 0.15) is 51.4 Å². The summed E-state index contributed by atoms with van der Waals surface area (Å²) in [5.74, 6) is -1.56. The van der Waals surface area contributed by atoms with E-state index in [-0.39, 0.29) is 17.9 Å². The number of carboxylic acid groups (broad SMARTS) is 1. The van der Waals surface area contributed by atoms with Gasteiger partial charge in [-0.15, -0.1) is 0 Å². The van der Waals surface area contributed by atoms with Crippen LogP contribution in [0.2, 0.25) is 0 Å². The second kappa shape index (κ2) is 5.52. The summed E-state index contributed by atoms with van der Waals surface area (Å²) in [6.07, 6.45) is 8.81. The average molecular weight is 239 g/mol. The van der Waals surface area contributed by atoms with Gasteiger partial charge in [0.15, 0.2) is 0 Å². The first-order valence-corrected chi connectivity index (χ1v) is 6.71. The van der Waals surface area contributed by atoms with Gasteiger partial charge in [-0.2, -0.15) is 0 Å². The molecule has 2 rings (SSSR count). The number of amides is 1. The largest absolute Gasteiger partial charge is 0.481 e. The standard InChI is InChI=1S/C13H21NO3/c15-12(10-8-11(10)13(16)17)14-9-6-4-2-1-3-5-7-9/h9-11H,1-8H2,(H,14,15)(H,16,17)/t10-,11-/m1/s1. The molecular formula is C13H21NO3. The molecule has 1 amide bonds. The zero-order valence-electron chi connectivity index (χ0n) is 10.2. The van der Waals surface area contributed by atoms with Crippen LogP contribution in [0.25, 0.3) is 0 Å². The molecule has 2 fully saturated rings. The fourth-order valence-electron chi connectivity index (χ4n) is 2.67. The average Bonchev–Trinajstić information content (AvgIpc) is 3.01. The molecule has 0 unspecified atom stereocenters. The summed E-state index contributed by atoms with van der Waals surface area (Å²) in [6.45, 7) is 0. The van der Waals surface area contributed by atoms with Crippen LogP contribution < -0.4 is 5.32 Å². The van der Waals surface area contributed by atoms with Gasteiger partial charge >= 0.3 is 5.97 Å². The van der Waals surface area contributed by atoms with E-state index < -0.39 is 11.9 Å². The SMILES string of the molecule is O=C(O)[C@@H]1C[C@H]1C(=O)NC1CCCCCCC1. The fraction of sp³-hybridized carbons (Fsp3) is 0.846. The fourth-order valence-corrected chi connectivity index (χ4v) is 2.67. The summed E-state index contributed by atoms with van der Waals surface area (Å²) in [4.78, 5) is 22.5. The predicted octanol–water partition coefficient (Wildman–Crippen LogP) is 1.94. The molecule has 96 valence electrons. The molecule has 4 heteroatoms. The van der Waals surface area contributed by atoms with E-state index in [0.717, 1.165) is 12.8 Å². The van der Waals surface area contributed by atoms with Gasteiger partial charge < -0.3 is 10.4 Å². The number of hydrogen-bond donors (Lipinski definition) is 2. The molecule has 4 nitrogen and oxygen atoms in total. The van der Waals surface area contributed by atoms with E-state index in [1.165, 1.54) is 32.1 Å². The maximum atomic E-state index is 11.8. The normalized spacial score (nSPS) is 30.1. The highest BCUT2D eigenvalue weighted by atomic mass is 16.4. The van der Waals surface area contributed by atoms with Gasteiger partial charge in [-0.3, -0.25) is 9.59 Å². The van der Waals surface area contributed by atoms with Gasteiger partial charge in [0, 0.05) is 6.04 Å². The molecule has 2 atom stereocenters. The molecule has 0 spiro atoms. The molecular weight excluding hydrogens is 218 g/mol. The van der Waals surface area contributed by atoms with Crippen LogP contribution in [0.15, 0.2) is 0 Å². The Hall–Kier alpha value is -1.06. The van der Waals surface area contributed by atoms with Gasteiger partial charge in [-0.1, -0.05) is 32.1 Å². The Morgan fingerprint density at radius 3 is 2.06 bits per heavy atom. The lowest BCUT2D eigenvalue weighted by Crippen LogP contribution is -2.36. The molecule has 0 bridgehead atoms. The Labute approximate surface area is 102 Å². The van der Waals surface area contributed by atoms with E-state index in [9.17, 15) is 9.59 Å². The van der Waals surface area contributed by atoms with Crippen LogP contribution in [0.3, 0.4) is 0 Å². The third-order valence-corrected chi connectivity index (χ3v) is 3.90. The monoisotopic (exact) mass is 239 g/mol. The Bertz CT molecular complexity index is 295. The lowest BCUT2D eigenvalue weighted by atomic mass is 9.96. The van der Waals surface area contributed by atoms with Gasteiger partial charge in [0.2, 0.25) is 5.91 Å². The van der Waals surface area contributed by atoms with Crippen LogP contribution in [0.5, 0.6) is 0 Å². The predicted molar refractivity (Wildman–Crippen MR) is 63.5 cm³/mol. The van der Waals surface area contributed by atoms with Gasteiger partial charge in [-0.25, -0.2) is 0 Å². The molecule has 0 aromatic heterocycles. The maximum Gasteiger partial charge on any atom is 0.307 e. The van der Waals surface area contributed by atoms with E-state index in [4.69, 9.17) is 5.11 Å². The second-order valence-electron chi connectivity index (χ2n) is 5.34. The summed E-state index contributed by atoms with van der Waals surface area (Å²) in [6, 6.07) is 0.276. The highest BCUT2D eigenvalue weighted by Crippen LogP contribution is 2.38. The molecule has 0 aromatic carbocycles. The van der Waals surface area contributed by atoms with Crippen molar-refractivity contribution >= 4 is 11.9 Å². The van der Waals surface area contributed by atoms with E-state index in [1.807, 2.05) is 0 Å². The number of carbonyl (C=O) groups is 2. The van der Waals surface area contributed by atoms with Crippen LogP contribution >= 0.6 is 0 Å². The van der Waals surface area contributed by atoms with Crippen LogP contribution in [-0.2, 0) is 9.59 Å². The number of rotatable bonds is 3. The van der Waals surface area contributed by atoms with E-state index in [2.05, 4.69) is 5.32 Å². The highest BCUT2D eigenvalue weighted by Gasteiger charge is 2.48. The third kappa shape index (κ3) is 3.45. The summed E-state index contributed by atoms with van der Waals surface area (Å²) >= 11 is 0. The van der Waals surface area contributed by atoms with E-state index in [0.29, 0.717) is 6.42 Å². The molecule has 0 aromatic rings. The molecule has 2 aliphatic carbocycles.